The van der Waals surface area contributed by atoms with Gasteiger partial charge in [-0.15, -0.1) is 0 Å². The highest BCUT2D eigenvalue weighted by Crippen LogP contribution is 2.34. The van der Waals surface area contributed by atoms with Gasteiger partial charge in [0.2, 0.25) is 0 Å². The molecule has 0 amide bonds. The quantitative estimate of drug-likeness (QED) is 0.200. The number of hydrogen-bond acceptors (Lipinski definition) is 6. The number of nitrogens with zero attached hydrogens (tertiary/aromatic N) is 4. The Balaban J connectivity index is 1.25. The number of rotatable bonds is 8. The standard InChI is InChI=1S/C34H34N4O3/c1-3-40-34(39)31-22-30(32-24(2)36-38(33(32)35-31)28-12-8-5-9-13-28)26-14-16-27(17-15-26)37-20-18-29(19-21-37)41-23-25-10-6-4-7-11-25/h4-17,22,29H,3,18-21,23H2,1-2H3. The van der Waals surface area contributed by atoms with Gasteiger partial charge < -0.3 is 14.4 Å². The maximum absolute atomic E-state index is 12.8. The maximum atomic E-state index is 12.8. The molecule has 5 aromatic rings. The highest BCUT2D eigenvalue weighted by molar-refractivity contribution is 6.00. The molecular formula is C34H34N4O3. The van der Waals surface area contributed by atoms with Crippen molar-refractivity contribution in [1.82, 2.24) is 14.8 Å². The molecule has 7 heteroatoms. The Bertz CT molecular complexity index is 1620. The number of benzene rings is 3. The predicted octanol–water partition coefficient (Wildman–Crippen LogP) is 6.76. The van der Waals surface area contributed by atoms with Crippen molar-refractivity contribution in [3.63, 3.8) is 0 Å². The van der Waals surface area contributed by atoms with Crippen molar-refractivity contribution in [2.75, 3.05) is 24.6 Å². The number of carbonyl (C=O) groups is 1. The second-order valence-corrected chi connectivity index (χ2v) is 10.3. The molecule has 1 aliphatic rings. The molecule has 0 aliphatic carbocycles. The zero-order valence-corrected chi connectivity index (χ0v) is 23.5. The van der Waals surface area contributed by atoms with Crippen LogP contribution >= 0.6 is 0 Å². The van der Waals surface area contributed by atoms with E-state index in [1.165, 1.54) is 11.3 Å². The summed E-state index contributed by atoms with van der Waals surface area (Å²) in [5, 5.41) is 5.73. The van der Waals surface area contributed by atoms with Crippen LogP contribution in [0.25, 0.3) is 27.8 Å². The van der Waals surface area contributed by atoms with Gasteiger partial charge in [0.15, 0.2) is 11.3 Å². The van der Waals surface area contributed by atoms with Gasteiger partial charge in [-0.2, -0.15) is 5.10 Å². The Labute approximate surface area is 240 Å². The fourth-order valence-corrected chi connectivity index (χ4v) is 5.50. The Hall–Kier alpha value is -4.49. The lowest BCUT2D eigenvalue weighted by atomic mass is 10.00. The predicted molar refractivity (Wildman–Crippen MR) is 161 cm³/mol. The van der Waals surface area contributed by atoms with Gasteiger partial charge in [0.25, 0.3) is 0 Å². The topological polar surface area (TPSA) is 69.5 Å². The van der Waals surface area contributed by atoms with E-state index in [0.29, 0.717) is 12.3 Å². The summed E-state index contributed by atoms with van der Waals surface area (Å²) < 4.78 is 13.3. The number of para-hydroxylation sites is 1. The molecule has 0 bridgehead atoms. The van der Waals surface area contributed by atoms with Crippen molar-refractivity contribution in [3.05, 3.63) is 108 Å². The monoisotopic (exact) mass is 546 g/mol. The van der Waals surface area contributed by atoms with Crippen LogP contribution in [-0.2, 0) is 16.1 Å². The molecule has 1 aliphatic heterocycles. The number of anilines is 1. The van der Waals surface area contributed by atoms with Crippen LogP contribution in [0.1, 0.15) is 41.5 Å². The second kappa shape index (κ2) is 11.9. The van der Waals surface area contributed by atoms with Gasteiger partial charge in [-0.3, -0.25) is 0 Å². The van der Waals surface area contributed by atoms with E-state index in [-0.39, 0.29) is 18.4 Å². The van der Waals surface area contributed by atoms with Crippen molar-refractivity contribution >= 4 is 22.7 Å². The van der Waals surface area contributed by atoms with Gasteiger partial charge >= 0.3 is 5.97 Å². The van der Waals surface area contributed by atoms with Crippen LogP contribution in [0.15, 0.2) is 91.0 Å². The Morgan fingerprint density at radius 3 is 2.27 bits per heavy atom. The number of esters is 1. The SMILES string of the molecule is CCOC(=O)c1cc(-c2ccc(N3CCC(OCc4ccccc4)CC3)cc2)c2c(C)nn(-c3ccccc3)c2n1. The van der Waals surface area contributed by atoms with Crippen LogP contribution in [0.3, 0.4) is 0 Å². The molecule has 0 radical (unpaired) electrons. The van der Waals surface area contributed by atoms with E-state index in [1.807, 2.05) is 49.4 Å². The number of hydrogen-bond donors (Lipinski definition) is 0. The molecule has 0 unspecified atom stereocenters. The number of piperidine rings is 1. The normalized spacial score (nSPS) is 14.0. The number of ether oxygens (including phenoxy) is 2. The summed E-state index contributed by atoms with van der Waals surface area (Å²) in [6.07, 6.45) is 2.28. The fraction of sp³-hybridized carbons (Fsp3) is 0.265. The van der Waals surface area contributed by atoms with Gasteiger partial charge in [-0.25, -0.2) is 14.5 Å². The van der Waals surface area contributed by atoms with Crippen molar-refractivity contribution in [2.45, 2.75) is 39.4 Å². The number of aryl methyl sites for hydroxylation is 1. The third-order valence-electron chi connectivity index (χ3n) is 7.61. The summed E-state index contributed by atoms with van der Waals surface area (Å²) in [6, 6.07) is 30.6. The number of fused-ring (bicyclic) bond motifs is 1. The van der Waals surface area contributed by atoms with E-state index in [1.54, 1.807) is 11.6 Å². The highest BCUT2D eigenvalue weighted by Gasteiger charge is 2.22. The lowest BCUT2D eigenvalue weighted by Crippen LogP contribution is -2.36. The van der Waals surface area contributed by atoms with E-state index in [4.69, 9.17) is 19.6 Å². The van der Waals surface area contributed by atoms with Crippen molar-refractivity contribution in [2.24, 2.45) is 0 Å². The summed E-state index contributed by atoms with van der Waals surface area (Å²) in [5.74, 6) is -0.442. The summed E-state index contributed by atoms with van der Waals surface area (Å²) in [7, 11) is 0. The van der Waals surface area contributed by atoms with Crippen LogP contribution in [0.5, 0.6) is 0 Å². The minimum absolute atomic E-state index is 0.271. The second-order valence-electron chi connectivity index (χ2n) is 10.3. The molecule has 41 heavy (non-hydrogen) atoms. The highest BCUT2D eigenvalue weighted by atomic mass is 16.5. The third kappa shape index (κ3) is 5.72. The molecule has 1 saturated heterocycles. The summed E-state index contributed by atoms with van der Waals surface area (Å²) >= 11 is 0. The van der Waals surface area contributed by atoms with Crippen molar-refractivity contribution < 1.29 is 14.3 Å². The minimum atomic E-state index is -0.442. The van der Waals surface area contributed by atoms with Crippen molar-refractivity contribution in [3.8, 4) is 16.8 Å². The molecule has 0 saturated carbocycles. The molecule has 3 aromatic carbocycles. The van der Waals surface area contributed by atoms with E-state index in [2.05, 4.69) is 53.4 Å². The van der Waals surface area contributed by atoms with Crippen LogP contribution in [-0.4, -0.2) is 46.5 Å². The zero-order valence-electron chi connectivity index (χ0n) is 23.5. The Morgan fingerprint density at radius 2 is 1.59 bits per heavy atom. The van der Waals surface area contributed by atoms with E-state index in [0.717, 1.165) is 53.8 Å². The van der Waals surface area contributed by atoms with Crippen LogP contribution in [0.4, 0.5) is 5.69 Å². The van der Waals surface area contributed by atoms with Gasteiger partial charge in [0.05, 0.1) is 36.1 Å². The van der Waals surface area contributed by atoms with Gasteiger partial charge in [-0.1, -0.05) is 60.7 Å². The minimum Gasteiger partial charge on any atom is -0.461 e. The first-order valence-corrected chi connectivity index (χ1v) is 14.2. The zero-order chi connectivity index (χ0) is 28.2. The van der Waals surface area contributed by atoms with Gasteiger partial charge in [0, 0.05) is 18.8 Å². The van der Waals surface area contributed by atoms with E-state index < -0.39 is 5.97 Å². The molecule has 1 fully saturated rings. The average Bonchev–Trinajstić information content (AvgIpc) is 3.37. The lowest BCUT2D eigenvalue weighted by Gasteiger charge is -2.33. The molecule has 3 heterocycles. The van der Waals surface area contributed by atoms with Crippen LogP contribution < -0.4 is 4.90 Å². The van der Waals surface area contributed by atoms with E-state index >= 15 is 0 Å². The molecule has 7 nitrogen and oxygen atoms in total. The largest absolute Gasteiger partial charge is 0.461 e. The fourth-order valence-electron chi connectivity index (χ4n) is 5.50. The van der Waals surface area contributed by atoms with Gasteiger partial charge in [-0.05, 0) is 73.7 Å². The lowest BCUT2D eigenvalue weighted by molar-refractivity contribution is 0.0251. The smallest absolute Gasteiger partial charge is 0.357 e. The molecular weight excluding hydrogens is 512 g/mol. The molecule has 2 aromatic heterocycles. The van der Waals surface area contributed by atoms with E-state index in [9.17, 15) is 4.79 Å². The number of pyridine rings is 1. The molecule has 208 valence electrons. The summed E-state index contributed by atoms with van der Waals surface area (Å²) in [5.41, 5.74) is 6.96. The van der Waals surface area contributed by atoms with Crippen LogP contribution in [0.2, 0.25) is 0 Å². The summed E-state index contributed by atoms with van der Waals surface area (Å²) in [4.78, 5) is 19.9. The first-order chi connectivity index (χ1) is 20.1. The van der Waals surface area contributed by atoms with Crippen LogP contribution in [0, 0.1) is 6.92 Å². The first-order valence-electron chi connectivity index (χ1n) is 14.2. The third-order valence-corrected chi connectivity index (χ3v) is 7.61. The Kier molecular flexibility index (Phi) is 7.78. The molecule has 6 rings (SSSR count). The van der Waals surface area contributed by atoms with Gasteiger partial charge in [0.1, 0.15) is 0 Å². The number of aromatic nitrogens is 3. The summed E-state index contributed by atoms with van der Waals surface area (Å²) in [6.45, 7) is 6.63. The molecule has 0 spiro atoms. The molecule has 0 N–H and O–H groups in total. The Morgan fingerprint density at radius 1 is 0.902 bits per heavy atom. The first kappa shape index (κ1) is 26.7. The maximum Gasteiger partial charge on any atom is 0.357 e. The number of carbonyl (C=O) groups excluding carboxylic acids is 1. The average molecular weight is 547 g/mol. The molecule has 0 atom stereocenters. The van der Waals surface area contributed by atoms with Crippen molar-refractivity contribution in [1.29, 1.82) is 0 Å².